The predicted octanol–water partition coefficient (Wildman–Crippen LogP) is 1.89. The molecule has 4 rings (SSSR count). The zero-order chi connectivity index (χ0) is 21.3. The highest BCUT2D eigenvalue weighted by molar-refractivity contribution is 9.11. The van der Waals surface area contributed by atoms with Gasteiger partial charge in [0, 0.05) is 22.5 Å². The van der Waals surface area contributed by atoms with Crippen molar-refractivity contribution in [1.82, 2.24) is 29.9 Å². The normalized spacial score (nSPS) is 11.0. The Morgan fingerprint density at radius 2 is 2.00 bits per heavy atom. The molecule has 1 amide bonds. The Hall–Kier alpha value is -3.12. The lowest BCUT2D eigenvalue weighted by atomic mass is 10.2. The number of carbonyl (C=O) groups is 1. The fourth-order valence-corrected chi connectivity index (χ4v) is 4.07. The summed E-state index contributed by atoms with van der Waals surface area (Å²) in [5.41, 5.74) is -0.885. The van der Waals surface area contributed by atoms with Crippen LogP contribution in [0.5, 0.6) is 0 Å². The highest BCUT2D eigenvalue weighted by Gasteiger charge is 2.15. The minimum atomic E-state index is -0.758. The van der Waals surface area contributed by atoms with E-state index < -0.39 is 11.5 Å². The van der Waals surface area contributed by atoms with Gasteiger partial charge in [-0.2, -0.15) is 5.10 Å². The van der Waals surface area contributed by atoms with Gasteiger partial charge in [-0.25, -0.2) is 19.1 Å². The number of nitrogens with zero attached hydrogens (tertiary/aromatic N) is 5. The summed E-state index contributed by atoms with van der Waals surface area (Å²) in [6.45, 7) is 0.176. The van der Waals surface area contributed by atoms with Crippen molar-refractivity contribution in [3.8, 4) is 5.82 Å². The van der Waals surface area contributed by atoms with Gasteiger partial charge < -0.3 is 9.73 Å². The van der Waals surface area contributed by atoms with E-state index >= 15 is 0 Å². The molecule has 0 spiro atoms. The van der Waals surface area contributed by atoms with E-state index in [0.717, 1.165) is 4.47 Å². The summed E-state index contributed by atoms with van der Waals surface area (Å²) in [6, 6.07) is 7.80. The van der Waals surface area contributed by atoms with Gasteiger partial charge in [0.2, 0.25) is 0 Å². The first-order valence-corrected chi connectivity index (χ1v) is 10.2. The standard InChI is InChI=1S/C18H12Br2N6O4/c19-11-5-10-6-12(18(29)30-16(10)13(20)7-11)17(28)22-3-4-25-15(27)2-1-14(24-25)26-9-21-8-23-26/h1-2,5-9H,3-4H2,(H,22,28). The Balaban J connectivity index is 1.51. The molecule has 0 saturated carbocycles. The first kappa shape index (κ1) is 20.2. The van der Waals surface area contributed by atoms with Crippen molar-refractivity contribution in [3.63, 3.8) is 0 Å². The molecule has 0 unspecified atom stereocenters. The second-order valence-corrected chi connectivity index (χ2v) is 7.87. The van der Waals surface area contributed by atoms with Crippen LogP contribution >= 0.6 is 31.9 Å². The zero-order valence-electron chi connectivity index (χ0n) is 15.1. The quantitative estimate of drug-likeness (QED) is 0.387. The summed E-state index contributed by atoms with van der Waals surface area (Å²) in [6.07, 6.45) is 2.80. The molecule has 0 aliphatic carbocycles. The third-order valence-corrected chi connectivity index (χ3v) is 5.16. The van der Waals surface area contributed by atoms with Gasteiger partial charge in [0.25, 0.3) is 11.5 Å². The molecule has 0 aliphatic rings. The number of hydrogen-bond donors (Lipinski definition) is 1. The molecular weight excluding hydrogens is 524 g/mol. The van der Waals surface area contributed by atoms with E-state index in [1.807, 2.05) is 0 Å². The summed E-state index contributed by atoms with van der Waals surface area (Å²) >= 11 is 6.68. The predicted molar refractivity (Wildman–Crippen MR) is 114 cm³/mol. The van der Waals surface area contributed by atoms with Crippen LogP contribution in [-0.2, 0) is 6.54 Å². The topological polar surface area (TPSA) is 125 Å². The third-order valence-electron chi connectivity index (χ3n) is 4.11. The molecule has 12 heteroatoms. The number of hydrogen-bond acceptors (Lipinski definition) is 7. The Bertz CT molecular complexity index is 1360. The number of benzene rings is 1. The van der Waals surface area contributed by atoms with E-state index in [2.05, 4.69) is 52.4 Å². The van der Waals surface area contributed by atoms with Gasteiger partial charge in [-0.1, -0.05) is 15.9 Å². The van der Waals surface area contributed by atoms with Crippen molar-refractivity contribution in [2.45, 2.75) is 6.54 Å². The lowest BCUT2D eigenvalue weighted by Crippen LogP contribution is -2.34. The number of rotatable bonds is 5. The number of halogens is 2. The van der Waals surface area contributed by atoms with E-state index in [1.54, 1.807) is 12.1 Å². The molecule has 0 atom stereocenters. The largest absolute Gasteiger partial charge is 0.421 e. The second kappa shape index (κ2) is 8.32. The maximum absolute atomic E-state index is 12.5. The van der Waals surface area contributed by atoms with Crippen LogP contribution < -0.4 is 16.5 Å². The van der Waals surface area contributed by atoms with Crippen molar-refractivity contribution in [2.75, 3.05) is 6.54 Å². The number of fused-ring (bicyclic) bond motifs is 1. The highest BCUT2D eigenvalue weighted by atomic mass is 79.9. The molecule has 152 valence electrons. The molecule has 30 heavy (non-hydrogen) atoms. The molecule has 1 aromatic carbocycles. The van der Waals surface area contributed by atoms with Crippen LogP contribution in [0.15, 0.2) is 65.9 Å². The lowest BCUT2D eigenvalue weighted by molar-refractivity contribution is 0.0948. The molecule has 10 nitrogen and oxygen atoms in total. The Morgan fingerprint density at radius 3 is 2.77 bits per heavy atom. The summed E-state index contributed by atoms with van der Waals surface area (Å²) in [4.78, 5) is 40.6. The van der Waals surface area contributed by atoms with Gasteiger partial charge in [-0.15, -0.1) is 5.10 Å². The van der Waals surface area contributed by atoms with E-state index in [0.29, 0.717) is 21.3 Å². The number of aromatic nitrogens is 5. The van der Waals surface area contributed by atoms with Gasteiger partial charge in [-0.3, -0.25) is 9.59 Å². The summed E-state index contributed by atoms with van der Waals surface area (Å²) < 4.78 is 9.22. The molecule has 0 aliphatic heterocycles. The van der Waals surface area contributed by atoms with Crippen LogP contribution in [0.3, 0.4) is 0 Å². The monoisotopic (exact) mass is 534 g/mol. The molecular formula is C18H12Br2N6O4. The lowest BCUT2D eigenvalue weighted by Gasteiger charge is -2.08. The van der Waals surface area contributed by atoms with Gasteiger partial charge in [0.15, 0.2) is 11.4 Å². The van der Waals surface area contributed by atoms with Crippen molar-refractivity contribution in [1.29, 1.82) is 0 Å². The molecule has 4 aromatic rings. The van der Waals surface area contributed by atoms with Crippen molar-refractivity contribution < 1.29 is 9.21 Å². The fourth-order valence-electron chi connectivity index (χ4n) is 2.73. The fraction of sp³-hybridized carbons (Fsp3) is 0.111. The molecule has 1 N–H and O–H groups in total. The van der Waals surface area contributed by atoms with E-state index in [9.17, 15) is 14.4 Å². The maximum atomic E-state index is 12.5. The minimum absolute atomic E-state index is 0.0756. The van der Waals surface area contributed by atoms with Gasteiger partial charge in [0.05, 0.1) is 11.0 Å². The number of nitrogens with one attached hydrogen (secondary N) is 1. The van der Waals surface area contributed by atoms with Crippen LogP contribution in [0.25, 0.3) is 16.8 Å². The molecule has 0 saturated heterocycles. The first-order chi connectivity index (χ1) is 14.4. The average Bonchev–Trinajstić information content (AvgIpc) is 3.24. The Kier molecular flexibility index (Phi) is 5.59. The maximum Gasteiger partial charge on any atom is 0.349 e. The van der Waals surface area contributed by atoms with Crippen molar-refractivity contribution in [2.24, 2.45) is 0 Å². The molecule has 3 aromatic heterocycles. The minimum Gasteiger partial charge on any atom is -0.421 e. The summed E-state index contributed by atoms with van der Waals surface area (Å²) in [5, 5.41) is 11.3. The van der Waals surface area contributed by atoms with Crippen LogP contribution in [-0.4, -0.2) is 37.0 Å². The average molecular weight is 536 g/mol. The van der Waals surface area contributed by atoms with Crippen LogP contribution in [0, 0.1) is 0 Å². The van der Waals surface area contributed by atoms with Gasteiger partial charge in [-0.05, 0) is 40.2 Å². The highest BCUT2D eigenvalue weighted by Crippen LogP contribution is 2.27. The van der Waals surface area contributed by atoms with E-state index in [-0.39, 0.29) is 24.2 Å². The molecule has 0 bridgehead atoms. The Morgan fingerprint density at radius 1 is 1.17 bits per heavy atom. The number of amides is 1. The van der Waals surface area contributed by atoms with Crippen molar-refractivity contribution >= 4 is 48.7 Å². The first-order valence-electron chi connectivity index (χ1n) is 8.56. The molecule has 3 heterocycles. The smallest absolute Gasteiger partial charge is 0.349 e. The van der Waals surface area contributed by atoms with E-state index in [4.69, 9.17) is 4.42 Å². The van der Waals surface area contributed by atoms with Crippen LogP contribution in [0.4, 0.5) is 0 Å². The molecule has 0 radical (unpaired) electrons. The second-order valence-electron chi connectivity index (χ2n) is 6.10. The van der Waals surface area contributed by atoms with Crippen molar-refractivity contribution in [3.05, 3.63) is 78.3 Å². The summed E-state index contributed by atoms with van der Waals surface area (Å²) in [5.74, 6) is -0.202. The van der Waals surface area contributed by atoms with Gasteiger partial charge in [0.1, 0.15) is 18.2 Å². The third kappa shape index (κ3) is 4.09. The van der Waals surface area contributed by atoms with E-state index in [1.165, 1.54) is 40.2 Å². The number of carbonyl (C=O) groups excluding carboxylic acids is 1. The SMILES string of the molecule is O=C(NCCn1nc(-n2cncn2)ccc1=O)c1cc2cc(Br)cc(Br)c2oc1=O. The molecule has 0 fully saturated rings. The summed E-state index contributed by atoms with van der Waals surface area (Å²) in [7, 11) is 0. The van der Waals surface area contributed by atoms with Crippen LogP contribution in [0.1, 0.15) is 10.4 Å². The zero-order valence-corrected chi connectivity index (χ0v) is 18.3. The Labute approximate surface area is 184 Å². The van der Waals surface area contributed by atoms with Crippen LogP contribution in [0.2, 0.25) is 0 Å². The van der Waals surface area contributed by atoms with Gasteiger partial charge >= 0.3 is 5.63 Å².